The first-order valence-corrected chi connectivity index (χ1v) is 4.56. The van der Waals surface area contributed by atoms with Crippen LogP contribution >= 0.6 is 0 Å². The molecule has 0 fully saturated rings. The monoisotopic (exact) mass is 209 g/mol. The van der Waals surface area contributed by atoms with E-state index >= 15 is 0 Å². The number of benzene rings is 1. The molecule has 1 unspecified atom stereocenters. The molecule has 0 aliphatic carbocycles. The molecular formula is C11H12FNO2. The molecule has 4 heteroatoms. The van der Waals surface area contributed by atoms with Gasteiger partial charge in [-0.25, -0.2) is 14.2 Å². The van der Waals surface area contributed by atoms with Gasteiger partial charge in [-0.2, -0.15) is 0 Å². The maximum absolute atomic E-state index is 13.3. The molecule has 0 spiro atoms. The zero-order chi connectivity index (χ0) is 11.3. The first kappa shape index (κ1) is 11.4. The van der Waals surface area contributed by atoms with E-state index in [-0.39, 0.29) is 11.7 Å². The average molecular weight is 209 g/mol. The Kier molecular flexibility index (Phi) is 4.01. The lowest BCUT2D eigenvalue weighted by Gasteiger charge is -2.09. The summed E-state index contributed by atoms with van der Waals surface area (Å²) in [6.45, 7) is 2.18. The second kappa shape index (κ2) is 5.27. The molecule has 0 aliphatic rings. The summed E-state index contributed by atoms with van der Waals surface area (Å²) in [7, 11) is 1.41. The van der Waals surface area contributed by atoms with E-state index in [9.17, 15) is 9.18 Å². The Morgan fingerprint density at radius 2 is 2.33 bits per heavy atom. The zero-order valence-electron chi connectivity index (χ0n) is 8.66. The summed E-state index contributed by atoms with van der Waals surface area (Å²) in [4.78, 5) is 13.4. The molecule has 0 radical (unpaired) electrons. The van der Waals surface area contributed by atoms with Gasteiger partial charge in [-0.05, 0) is 17.7 Å². The number of rotatable bonds is 4. The highest BCUT2D eigenvalue weighted by molar-refractivity contribution is 5.34. The van der Waals surface area contributed by atoms with Crippen LogP contribution in [0.2, 0.25) is 0 Å². The van der Waals surface area contributed by atoms with Crippen molar-refractivity contribution >= 4 is 6.08 Å². The van der Waals surface area contributed by atoms with Crippen LogP contribution in [0.4, 0.5) is 4.39 Å². The van der Waals surface area contributed by atoms with Crippen molar-refractivity contribution in [2.75, 3.05) is 13.7 Å². The van der Waals surface area contributed by atoms with Gasteiger partial charge in [-0.3, -0.25) is 0 Å². The lowest BCUT2D eigenvalue weighted by atomic mass is 10.0. The number of nitrogens with zero attached hydrogens (tertiary/aromatic N) is 1. The predicted molar refractivity (Wildman–Crippen MR) is 54.4 cm³/mol. The molecule has 3 nitrogen and oxygen atoms in total. The van der Waals surface area contributed by atoms with Crippen LogP contribution in [0.3, 0.4) is 0 Å². The standard InChI is InChI=1S/C11H12FNO2/c1-8(6-13-7-14)9-3-4-11(15-2)10(12)5-9/h3-5,8H,6H2,1-2H3. The molecule has 0 saturated carbocycles. The Labute approximate surface area is 87.6 Å². The first-order chi connectivity index (χ1) is 7.19. The SMILES string of the molecule is COc1ccc(C(C)CN=C=O)cc1F. The van der Waals surface area contributed by atoms with Crippen molar-refractivity contribution in [3.8, 4) is 5.75 Å². The van der Waals surface area contributed by atoms with Gasteiger partial charge in [-0.1, -0.05) is 13.0 Å². The summed E-state index contributed by atoms with van der Waals surface area (Å²) >= 11 is 0. The third-order valence-corrected chi connectivity index (χ3v) is 2.17. The smallest absolute Gasteiger partial charge is 0.234 e. The highest BCUT2D eigenvalue weighted by Crippen LogP contribution is 2.22. The fourth-order valence-electron chi connectivity index (χ4n) is 1.27. The van der Waals surface area contributed by atoms with Gasteiger partial charge in [0.05, 0.1) is 13.7 Å². The Balaban J connectivity index is 2.86. The van der Waals surface area contributed by atoms with E-state index in [1.807, 2.05) is 6.92 Å². The average Bonchev–Trinajstić information content (AvgIpc) is 2.25. The summed E-state index contributed by atoms with van der Waals surface area (Å²) in [5.41, 5.74) is 0.785. The second-order valence-corrected chi connectivity index (χ2v) is 3.23. The molecule has 1 aromatic carbocycles. The number of isocyanates is 1. The quantitative estimate of drug-likeness (QED) is 0.563. The van der Waals surface area contributed by atoms with Crippen LogP contribution in [0.25, 0.3) is 0 Å². The van der Waals surface area contributed by atoms with Gasteiger partial charge in [0, 0.05) is 5.92 Å². The summed E-state index contributed by atoms with van der Waals surface area (Å²) in [6, 6.07) is 4.71. The number of carbonyl (C=O) groups excluding carboxylic acids is 1. The molecule has 0 aromatic heterocycles. The number of hydrogen-bond acceptors (Lipinski definition) is 3. The summed E-state index contributed by atoms with van der Waals surface area (Å²) in [5, 5.41) is 0. The molecule has 15 heavy (non-hydrogen) atoms. The molecule has 80 valence electrons. The van der Waals surface area contributed by atoms with E-state index in [2.05, 4.69) is 4.99 Å². The highest BCUT2D eigenvalue weighted by Gasteiger charge is 2.08. The Morgan fingerprint density at radius 3 is 2.87 bits per heavy atom. The molecule has 0 bridgehead atoms. The maximum atomic E-state index is 13.3. The van der Waals surface area contributed by atoms with Crippen LogP contribution in [-0.4, -0.2) is 19.7 Å². The van der Waals surface area contributed by atoms with Crippen molar-refractivity contribution < 1.29 is 13.9 Å². The van der Waals surface area contributed by atoms with Gasteiger partial charge in [0.15, 0.2) is 11.6 Å². The third-order valence-electron chi connectivity index (χ3n) is 2.17. The molecule has 0 heterocycles. The van der Waals surface area contributed by atoms with Crippen molar-refractivity contribution in [3.05, 3.63) is 29.6 Å². The van der Waals surface area contributed by atoms with Crippen LogP contribution in [0.15, 0.2) is 23.2 Å². The van der Waals surface area contributed by atoms with Crippen molar-refractivity contribution in [3.63, 3.8) is 0 Å². The second-order valence-electron chi connectivity index (χ2n) is 3.23. The number of halogens is 1. The topological polar surface area (TPSA) is 38.7 Å². The van der Waals surface area contributed by atoms with Crippen molar-refractivity contribution in [2.24, 2.45) is 4.99 Å². The maximum Gasteiger partial charge on any atom is 0.234 e. The Morgan fingerprint density at radius 1 is 1.60 bits per heavy atom. The van der Waals surface area contributed by atoms with E-state index in [1.54, 1.807) is 12.1 Å². The largest absolute Gasteiger partial charge is 0.494 e. The molecule has 1 atom stereocenters. The first-order valence-electron chi connectivity index (χ1n) is 4.56. The van der Waals surface area contributed by atoms with Gasteiger partial charge in [0.25, 0.3) is 0 Å². The van der Waals surface area contributed by atoms with Crippen LogP contribution in [-0.2, 0) is 4.79 Å². The predicted octanol–water partition coefficient (Wildman–Crippen LogP) is 2.27. The van der Waals surface area contributed by atoms with Crippen LogP contribution in [0.1, 0.15) is 18.4 Å². The fraction of sp³-hybridized carbons (Fsp3) is 0.364. The fourth-order valence-corrected chi connectivity index (χ4v) is 1.27. The van der Waals surface area contributed by atoms with Crippen molar-refractivity contribution in [1.29, 1.82) is 0 Å². The molecular weight excluding hydrogens is 197 g/mol. The Hall–Kier alpha value is -1.67. The highest BCUT2D eigenvalue weighted by atomic mass is 19.1. The minimum absolute atomic E-state index is 0.00754. The van der Waals surface area contributed by atoms with Crippen LogP contribution in [0.5, 0.6) is 5.75 Å². The summed E-state index contributed by atoms with van der Waals surface area (Å²) in [5.74, 6) is -0.200. The lowest BCUT2D eigenvalue weighted by molar-refractivity contribution is 0.386. The van der Waals surface area contributed by atoms with Gasteiger partial charge in [0.2, 0.25) is 6.08 Å². The summed E-state index contributed by atoms with van der Waals surface area (Å²) < 4.78 is 18.1. The van der Waals surface area contributed by atoms with Crippen LogP contribution < -0.4 is 4.74 Å². The minimum atomic E-state index is -0.406. The van der Waals surface area contributed by atoms with Gasteiger partial charge in [-0.15, -0.1) is 0 Å². The molecule has 0 aliphatic heterocycles. The van der Waals surface area contributed by atoms with Crippen LogP contribution in [0, 0.1) is 5.82 Å². The number of methoxy groups -OCH3 is 1. The number of hydrogen-bond donors (Lipinski definition) is 0. The van der Waals surface area contributed by atoms with Gasteiger partial charge in [0.1, 0.15) is 0 Å². The molecule has 0 saturated heterocycles. The van der Waals surface area contributed by atoms with E-state index in [4.69, 9.17) is 4.74 Å². The van der Waals surface area contributed by atoms with Gasteiger partial charge >= 0.3 is 0 Å². The normalized spacial score (nSPS) is 11.7. The van der Waals surface area contributed by atoms with Gasteiger partial charge < -0.3 is 4.74 Å². The molecule has 1 rings (SSSR count). The third kappa shape index (κ3) is 2.89. The van der Waals surface area contributed by atoms with Crippen molar-refractivity contribution in [1.82, 2.24) is 0 Å². The summed E-state index contributed by atoms with van der Waals surface area (Å²) in [6.07, 6.45) is 1.46. The lowest BCUT2D eigenvalue weighted by Crippen LogP contribution is -1.99. The van der Waals surface area contributed by atoms with E-state index in [1.165, 1.54) is 19.3 Å². The number of ether oxygens (including phenoxy) is 1. The van der Waals surface area contributed by atoms with E-state index in [0.29, 0.717) is 6.54 Å². The molecule has 1 aromatic rings. The van der Waals surface area contributed by atoms with E-state index < -0.39 is 5.82 Å². The molecule has 0 amide bonds. The number of aliphatic imine (C=N–C) groups is 1. The van der Waals surface area contributed by atoms with E-state index in [0.717, 1.165) is 5.56 Å². The Bertz CT molecular complexity index is 386. The minimum Gasteiger partial charge on any atom is -0.494 e. The zero-order valence-corrected chi connectivity index (χ0v) is 8.66. The van der Waals surface area contributed by atoms with Crippen molar-refractivity contribution in [2.45, 2.75) is 12.8 Å². The molecule has 0 N–H and O–H groups in total.